The molecule has 20 heavy (non-hydrogen) atoms. The number of carbonyl (C=O) groups excluding carboxylic acids is 1. The molecule has 1 aromatic carbocycles. The fourth-order valence-corrected chi connectivity index (χ4v) is 2.28. The van der Waals surface area contributed by atoms with Gasteiger partial charge >= 0.3 is 0 Å². The third-order valence-electron chi connectivity index (χ3n) is 3.36. The maximum absolute atomic E-state index is 12.0. The van der Waals surface area contributed by atoms with Crippen molar-refractivity contribution in [2.24, 2.45) is 0 Å². The van der Waals surface area contributed by atoms with Crippen molar-refractivity contribution in [1.82, 2.24) is 9.88 Å². The Hall–Kier alpha value is -2.27. The molecule has 1 aliphatic rings. The highest BCUT2D eigenvalue weighted by atomic mass is 16.5. The van der Waals surface area contributed by atoms with Crippen molar-refractivity contribution in [2.45, 2.75) is 0 Å². The Kier molecular flexibility index (Phi) is 3.43. The predicted molar refractivity (Wildman–Crippen MR) is 76.4 cm³/mol. The maximum Gasteiger partial charge on any atom is 0.246 e. The molecule has 0 atom stereocenters. The first-order chi connectivity index (χ1) is 9.72. The average Bonchev–Trinajstić information content (AvgIpc) is 2.87. The van der Waals surface area contributed by atoms with E-state index in [4.69, 9.17) is 4.74 Å². The van der Waals surface area contributed by atoms with Crippen molar-refractivity contribution >= 4 is 22.9 Å². The highest BCUT2D eigenvalue weighted by molar-refractivity contribution is 5.93. The molecule has 3 rings (SSSR count). The molecule has 104 valence electrons. The largest absolute Gasteiger partial charge is 0.508 e. The van der Waals surface area contributed by atoms with Gasteiger partial charge in [-0.3, -0.25) is 4.79 Å². The summed E-state index contributed by atoms with van der Waals surface area (Å²) in [5.41, 5.74) is 1.69. The van der Waals surface area contributed by atoms with Crippen molar-refractivity contribution < 1.29 is 14.6 Å². The molecule has 1 aliphatic heterocycles. The summed E-state index contributed by atoms with van der Waals surface area (Å²) in [6, 6.07) is 7.08. The van der Waals surface area contributed by atoms with E-state index in [2.05, 4.69) is 4.98 Å². The highest BCUT2D eigenvalue weighted by Gasteiger charge is 2.13. The highest BCUT2D eigenvalue weighted by Crippen LogP contribution is 2.21. The molecule has 1 amide bonds. The van der Waals surface area contributed by atoms with Crippen molar-refractivity contribution in [1.29, 1.82) is 0 Å². The van der Waals surface area contributed by atoms with E-state index in [1.165, 1.54) is 0 Å². The van der Waals surface area contributed by atoms with Crippen molar-refractivity contribution in [3.05, 3.63) is 36.0 Å². The number of hydrogen-bond acceptors (Lipinski definition) is 3. The summed E-state index contributed by atoms with van der Waals surface area (Å²) in [4.78, 5) is 16.9. The zero-order chi connectivity index (χ0) is 13.9. The molecule has 5 heteroatoms. The lowest BCUT2D eigenvalue weighted by molar-refractivity contribution is -0.129. The molecule has 0 radical (unpaired) electrons. The fourth-order valence-electron chi connectivity index (χ4n) is 2.28. The lowest BCUT2D eigenvalue weighted by atomic mass is 10.2. The number of hydrogen-bond donors (Lipinski definition) is 2. The molecular weight excluding hydrogens is 256 g/mol. The van der Waals surface area contributed by atoms with Gasteiger partial charge in [0.05, 0.1) is 13.2 Å². The number of rotatable bonds is 2. The van der Waals surface area contributed by atoms with Gasteiger partial charge in [0.2, 0.25) is 5.91 Å². The van der Waals surface area contributed by atoms with Crippen LogP contribution in [0.1, 0.15) is 5.69 Å². The Bertz CT molecular complexity index is 654. The van der Waals surface area contributed by atoms with Crippen LogP contribution in [-0.4, -0.2) is 47.2 Å². The monoisotopic (exact) mass is 272 g/mol. The number of nitrogens with one attached hydrogen (secondary N) is 1. The molecule has 1 fully saturated rings. The van der Waals surface area contributed by atoms with E-state index in [0.717, 1.165) is 16.6 Å². The smallest absolute Gasteiger partial charge is 0.246 e. The fraction of sp³-hybridized carbons (Fsp3) is 0.267. The normalized spacial score (nSPS) is 16.1. The minimum absolute atomic E-state index is 0.00481. The van der Waals surface area contributed by atoms with Crippen LogP contribution >= 0.6 is 0 Å². The number of fused-ring (bicyclic) bond motifs is 1. The van der Waals surface area contributed by atoms with Crippen LogP contribution in [-0.2, 0) is 9.53 Å². The lowest BCUT2D eigenvalue weighted by Crippen LogP contribution is -2.39. The zero-order valence-corrected chi connectivity index (χ0v) is 11.0. The predicted octanol–water partition coefficient (Wildman–Crippen LogP) is 1.75. The molecule has 2 N–H and O–H groups in total. The third-order valence-corrected chi connectivity index (χ3v) is 3.36. The molecule has 2 aromatic rings. The zero-order valence-electron chi connectivity index (χ0n) is 11.0. The number of phenolic OH excluding ortho intramolecular Hbond substituents is 1. The molecule has 0 saturated carbocycles. The van der Waals surface area contributed by atoms with E-state index >= 15 is 0 Å². The van der Waals surface area contributed by atoms with Crippen molar-refractivity contribution in [2.75, 3.05) is 26.3 Å². The standard InChI is InChI=1S/C15H16N2O3/c18-13-3-1-11-9-12(16-14(11)10-13)2-4-15(19)17-5-7-20-8-6-17/h1-4,9-10,16,18H,5-8H2/b4-2+. The number of amides is 1. The van der Waals surface area contributed by atoms with Gasteiger partial charge in [-0.15, -0.1) is 0 Å². The molecule has 0 unspecified atom stereocenters. The maximum atomic E-state index is 12.0. The second-order valence-corrected chi connectivity index (χ2v) is 4.77. The Morgan fingerprint density at radius 2 is 2.10 bits per heavy atom. The van der Waals surface area contributed by atoms with E-state index < -0.39 is 0 Å². The summed E-state index contributed by atoms with van der Waals surface area (Å²) >= 11 is 0. The van der Waals surface area contributed by atoms with Crippen molar-refractivity contribution in [3.8, 4) is 5.75 Å². The van der Waals surface area contributed by atoms with Gasteiger partial charge in [0.1, 0.15) is 5.75 Å². The Morgan fingerprint density at radius 1 is 1.30 bits per heavy atom. The van der Waals surface area contributed by atoms with Gasteiger partial charge in [0.25, 0.3) is 0 Å². The summed E-state index contributed by atoms with van der Waals surface area (Å²) in [6.45, 7) is 2.49. The van der Waals surface area contributed by atoms with Gasteiger partial charge in [-0.2, -0.15) is 0 Å². The Morgan fingerprint density at radius 3 is 2.90 bits per heavy atom. The molecule has 0 aliphatic carbocycles. The number of H-pyrrole nitrogens is 1. The SMILES string of the molecule is O=C(/C=C/c1cc2ccc(O)cc2[nH]1)N1CCOCC1. The van der Waals surface area contributed by atoms with Crippen LogP contribution in [0, 0.1) is 0 Å². The summed E-state index contributed by atoms with van der Waals surface area (Å²) in [5, 5.41) is 10.4. The van der Waals surface area contributed by atoms with Gasteiger partial charge in [-0.25, -0.2) is 0 Å². The number of phenols is 1. The molecule has 0 spiro atoms. The van der Waals surface area contributed by atoms with Crippen LogP contribution in [0.3, 0.4) is 0 Å². The number of carbonyl (C=O) groups is 1. The van der Waals surface area contributed by atoms with E-state index in [1.807, 2.05) is 12.1 Å². The number of aromatic amines is 1. The molecule has 1 aromatic heterocycles. The summed E-state index contributed by atoms with van der Waals surface area (Å²) in [7, 11) is 0. The van der Waals surface area contributed by atoms with E-state index in [1.54, 1.807) is 29.2 Å². The topological polar surface area (TPSA) is 65.6 Å². The number of aromatic nitrogens is 1. The van der Waals surface area contributed by atoms with Gasteiger partial charge < -0.3 is 19.7 Å². The summed E-state index contributed by atoms with van der Waals surface area (Å²) in [5.74, 6) is 0.217. The summed E-state index contributed by atoms with van der Waals surface area (Å²) in [6.07, 6.45) is 3.32. The summed E-state index contributed by atoms with van der Waals surface area (Å²) < 4.78 is 5.22. The Balaban J connectivity index is 1.74. The van der Waals surface area contributed by atoms with Crippen LogP contribution in [0.15, 0.2) is 30.3 Å². The second kappa shape index (κ2) is 5.38. The average molecular weight is 272 g/mol. The lowest BCUT2D eigenvalue weighted by Gasteiger charge is -2.25. The van der Waals surface area contributed by atoms with Crippen LogP contribution < -0.4 is 0 Å². The van der Waals surface area contributed by atoms with Gasteiger partial charge in [-0.1, -0.05) is 0 Å². The van der Waals surface area contributed by atoms with Crippen molar-refractivity contribution in [3.63, 3.8) is 0 Å². The number of benzene rings is 1. The number of ether oxygens (including phenoxy) is 1. The molecular formula is C15H16N2O3. The minimum Gasteiger partial charge on any atom is -0.508 e. The van der Waals surface area contributed by atoms with Gasteiger partial charge in [-0.05, 0) is 24.3 Å². The van der Waals surface area contributed by atoms with Gasteiger partial charge in [0, 0.05) is 41.8 Å². The Labute approximate surface area is 116 Å². The second-order valence-electron chi connectivity index (χ2n) is 4.77. The minimum atomic E-state index is -0.00481. The third kappa shape index (κ3) is 2.67. The number of nitrogens with zero attached hydrogens (tertiary/aromatic N) is 1. The van der Waals surface area contributed by atoms with Crippen LogP contribution in [0.5, 0.6) is 5.75 Å². The van der Waals surface area contributed by atoms with Gasteiger partial charge in [0.15, 0.2) is 0 Å². The molecule has 5 nitrogen and oxygen atoms in total. The van der Waals surface area contributed by atoms with Crippen LogP contribution in [0.25, 0.3) is 17.0 Å². The molecule has 2 heterocycles. The first-order valence-corrected chi connectivity index (χ1v) is 6.59. The molecule has 1 saturated heterocycles. The van der Waals surface area contributed by atoms with Crippen LogP contribution in [0.4, 0.5) is 0 Å². The number of morpholine rings is 1. The van der Waals surface area contributed by atoms with E-state index in [-0.39, 0.29) is 11.7 Å². The number of aromatic hydroxyl groups is 1. The molecule has 0 bridgehead atoms. The quantitative estimate of drug-likeness (QED) is 0.818. The first kappa shape index (κ1) is 12.7. The van der Waals surface area contributed by atoms with E-state index in [0.29, 0.717) is 26.3 Å². The first-order valence-electron chi connectivity index (χ1n) is 6.59. The van der Waals surface area contributed by atoms with Crippen LogP contribution in [0.2, 0.25) is 0 Å². The van der Waals surface area contributed by atoms with E-state index in [9.17, 15) is 9.90 Å².